The summed E-state index contributed by atoms with van der Waals surface area (Å²) in [7, 11) is 0. The van der Waals surface area contributed by atoms with E-state index < -0.39 is 0 Å². The molecule has 6 heteroatoms. The fraction of sp³-hybridized carbons (Fsp3) is 0.375. The molecule has 2 aliphatic rings. The normalized spacial score (nSPS) is 15.9. The SMILES string of the molecule is Cc1ccc(-n2c(SCC(=O)NC3Cc4ccccc4C3)nnc2C2CC2)c(C)c1. The predicted octanol–water partition coefficient (Wildman–Crippen LogP) is 4.14. The first kappa shape index (κ1) is 19.4. The van der Waals surface area contributed by atoms with Crippen molar-refractivity contribution in [2.24, 2.45) is 0 Å². The van der Waals surface area contributed by atoms with Crippen LogP contribution in [-0.2, 0) is 17.6 Å². The third-order valence-corrected chi connectivity index (χ3v) is 6.87. The van der Waals surface area contributed by atoms with Gasteiger partial charge < -0.3 is 5.32 Å². The second kappa shape index (κ2) is 7.91. The van der Waals surface area contributed by atoms with Crippen molar-refractivity contribution >= 4 is 17.7 Å². The third kappa shape index (κ3) is 3.88. The molecule has 1 fully saturated rings. The minimum atomic E-state index is 0.0564. The number of amides is 1. The number of fused-ring (bicyclic) bond motifs is 1. The van der Waals surface area contributed by atoms with Crippen LogP contribution >= 0.6 is 11.8 Å². The zero-order chi connectivity index (χ0) is 20.7. The molecule has 0 aliphatic heterocycles. The Hall–Kier alpha value is -2.60. The molecule has 0 radical (unpaired) electrons. The van der Waals surface area contributed by atoms with Crippen LogP contribution in [0.25, 0.3) is 5.69 Å². The van der Waals surface area contributed by atoms with Crippen molar-refractivity contribution in [3.63, 3.8) is 0 Å². The second-order valence-corrected chi connectivity index (χ2v) is 9.41. The Bertz CT molecular complexity index is 1080. The molecule has 0 spiro atoms. The standard InChI is InChI=1S/C24H26N4OS/c1-15-7-10-21(16(2)11-15)28-23(17-8-9-17)26-27-24(28)30-14-22(29)25-20-12-18-5-3-4-6-19(18)13-20/h3-7,10-11,17,20H,8-9,12-14H2,1-2H3,(H,25,29). The summed E-state index contributed by atoms with van der Waals surface area (Å²) in [6, 6.07) is 15.1. The van der Waals surface area contributed by atoms with Crippen LogP contribution in [0, 0.1) is 13.8 Å². The third-order valence-electron chi connectivity index (χ3n) is 5.94. The molecule has 5 rings (SSSR count). The number of rotatable bonds is 6. The molecule has 0 saturated heterocycles. The van der Waals surface area contributed by atoms with Crippen LogP contribution in [0.2, 0.25) is 0 Å². The molecule has 2 aromatic carbocycles. The highest BCUT2D eigenvalue weighted by molar-refractivity contribution is 7.99. The van der Waals surface area contributed by atoms with E-state index in [9.17, 15) is 4.79 Å². The average molecular weight is 419 g/mol. The highest BCUT2D eigenvalue weighted by atomic mass is 32.2. The van der Waals surface area contributed by atoms with Crippen molar-refractivity contribution in [1.29, 1.82) is 0 Å². The zero-order valence-electron chi connectivity index (χ0n) is 17.4. The summed E-state index contributed by atoms with van der Waals surface area (Å²) in [5.41, 5.74) is 6.25. The average Bonchev–Trinajstić information content (AvgIpc) is 3.35. The van der Waals surface area contributed by atoms with Crippen LogP contribution in [0.1, 0.15) is 46.8 Å². The maximum Gasteiger partial charge on any atom is 0.230 e. The number of nitrogens with one attached hydrogen (secondary N) is 1. The van der Waals surface area contributed by atoms with Gasteiger partial charge >= 0.3 is 0 Å². The fourth-order valence-corrected chi connectivity index (χ4v) is 5.09. The van der Waals surface area contributed by atoms with Crippen LogP contribution in [0.3, 0.4) is 0 Å². The summed E-state index contributed by atoms with van der Waals surface area (Å²) in [6.07, 6.45) is 4.15. The van der Waals surface area contributed by atoms with Gasteiger partial charge in [0, 0.05) is 12.0 Å². The lowest BCUT2D eigenvalue weighted by atomic mass is 10.1. The van der Waals surface area contributed by atoms with Crippen LogP contribution in [-0.4, -0.2) is 32.5 Å². The van der Waals surface area contributed by atoms with Crippen molar-refractivity contribution in [3.05, 3.63) is 70.5 Å². The summed E-state index contributed by atoms with van der Waals surface area (Å²) in [6.45, 7) is 4.23. The molecule has 154 valence electrons. The Labute approximate surface area is 181 Å². The van der Waals surface area contributed by atoms with E-state index in [0.717, 1.165) is 42.4 Å². The largest absolute Gasteiger partial charge is 0.352 e. The monoisotopic (exact) mass is 418 g/mol. The zero-order valence-corrected chi connectivity index (χ0v) is 18.2. The molecule has 1 saturated carbocycles. The molecule has 5 nitrogen and oxygen atoms in total. The van der Waals surface area contributed by atoms with Gasteiger partial charge in [-0.2, -0.15) is 0 Å². The minimum Gasteiger partial charge on any atom is -0.352 e. The molecule has 1 aromatic heterocycles. The van der Waals surface area contributed by atoms with Crippen LogP contribution in [0.4, 0.5) is 0 Å². The summed E-state index contributed by atoms with van der Waals surface area (Å²) in [5, 5.41) is 12.9. The lowest BCUT2D eigenvalue weighted by Gasteiger charge is -2.14. The van der Waals surface area contributed by atoms with Crippen molar-refractivity contribution < 1.29 is 4.79 Å². The summed E-state index contributed by atoms with van der Waals surface area (Å²) >= 11 is 1.47. The van der Waals surface area contributed by atoms with E-state index in [1.807, 2.05) is 0 Å². The first-order valence-electron chi connectivity index (χ1n) is 10.6. The number of carbonyl (C=O) groups is 1. The van der Waals surface area contributed by atoms with E-state index in [2.05, 4.69) is 76.4 Å². The van der Waals surface area contributed by atoms with Crippen LogP contribution in [0.5, 0.6) is 0 Å². The number of benzene rings is 2. The smallest absolute Gasteiger partial charge is 0.230 e. The molecule has 1 heterocycles. The molecule has 3 aromatic rings. The molecular formula is C24H26N4OS. The first-order valence-corrected chi connectivity index (χ1v) is 11.6. The molecule has 0 atom stereocenters. The number of nitrogens with zero attached hydrogens (tertiary/aromatic N) is 3. The Morgan fingerprint density at radius 2 is 1.83 bits per heavy atom. The maximum atomic E-state index is 12.6. The lowest BCUT2D eigenvalue weighted by molar-refractivity contribution is -0.119. The number of carbonyl (C=O) groups excluding carboxylic acids is 1. The highest BCUT2D eigenvalue weighted by Crippen LogP contribution is 2.41. The molecule has 1 amide bonds. The maximum absolute atomic E-state index is 12.6. The Morgan fingerprint density at radius 1 is 1.10 bits per heavy atom. The predicted molar refractivity (Wildman–Crippen MR) is 119 cm³/mol. The van der Waals surface area contributed by atoms with Gasteiger partial charge in [-0.05, 0) is 62.3 Å². The second-order valence-electron chi connectivity index (χ2n) is 8.47. The van der Waals surface area contributed by atoms with Crippen molar-refractivity contribution in [2.45, 2.75) is 56.6 Å². The Kier molecular flexibility index (Phi) is 5.11. The Balaban J connectivity index is 1.29. The molecular weight excluding hydrogens is 392 g/mol. The quantitative estimate of drug-likeness (QED) is 0.612. The van der Waals surface area contributed by atoms with Gasteiger partial charge in [-0.25, -0.2) is 0 Å². The Morgan fingerprint density at radius 3 is 2.50 bits per heavy atom. The van der Waals surface area contributed by atoms with Gasteiger partial charge in [0.15, 0.2) is 5.16 Å². The number of hydrogen-bond acceptors (Lipinski definition) is 4. The van der Waals surface area contributed by atoms with E-state index in [0.29, 0.717) is 11.7 Å². The summed E-state index contributed by atoms with van der Waals surface area (Å²) in [4.78, 5) is 12.6. The van der Waals surface area contributed by atoms with Gasteiger partial charge in [-0.1, -0.05) is 53.7 Å². The van der Waals surface area contributed by atoms with E-state index in [1.54, 1.807) is 0 Å². The molecule has 0 bridgehead atoms. The molecule has 2 aliphatic carbocycles. The van der Waals surface area contributed by atoms with Gasteiger partial charge in [0.2, 0.25) is 5.91 Å². The number of hydrogen-bond donors (Lipinski definition) is 1. The summed E-state index contributed by atoms with van der Waals surface area (Å²) in [5.74, 6) is 1.91. The molecule has 1 N–H and O–H groups in total. The fourth-order valence-electron chi connectivity index (χ4n) is 4.32. The van der Waals surface area contributed by atoms with Crippen molar-refractivity contribution in [2.75, 3.05) is 5.75 Å². The number of aromatic nitrogens is 3. The lowest BCUT2D eigenvalue weighted by Crippen LogP contribution is -2.36. The summed E-state index contributed by atoms with van der Waals surface area (Å²) < 4.78 is 2.16. The number of thioether (sulfide) groups is 1. The minimum absolute atomic E-state index is 0.0564. The van der Waals surface area contributed by atoms with Crippen molar-refractivity contribution in [1.82, 2.24) is 20.1 Å². The van der Waals surface area contributed by atoms with Crippen LogP contribution in [0.15, 0.2) is 47.6 Å². The van der Waals surface area contributed by atoms with Gasteiger partial charge in [0.1, 0.15) is 5.82 Å². The van der Waals surface area contributed by atoms with Crippen molar-refractivity contribution in [3.8, 4) is 5.69 Å². The van der Waals surface area contributed by atoms with Gasteiger partial charge in [-0.3, -0.25) is 9.36 Å². The number of aryl methyl sites for hydroxylation is 2. The van der Waals surface area contributed by atoms with E-state index in [-0.39, 0.29) is 11.9 Å². The highest BCUT2D eigenvalue weighted by Gasteiger charge is 2.31. The van der Waals surface area contributed by atoms with E-state index in [4.69, 9.17) is 0 Å². The molecule has 30 heavy (non-hydrogen) atoms. The molecule has 0 unspecified atom stereocenters. The van der Waals surface area contributed by atoms with Crippen LogP contribution < -0.4 is 5.32 Å². The van der Waals surface area contributed by atoms with E-state index in [1.165, 1.54) is 34.0 Å². The van der Waals surface area contributed by atoms with E-state index >= 15 is 0 Å². The van der Waals surface area contributed by atoms with Gasteiger partial charge in [0.25, 0.3) is 0 Å². The van der Waals surface area contributed by atoms with Gasteiger partial charge in [0.05, 0.1) is 11.4 Å². The first-order chi connectivity index (χ1) is 14.6. The van der Waals surface area contributed by atoms with Gasteiger partial charge in [-0.15, -0.1) is 10.2 Å². The topological polar surface area (TPSA) is 59.8 Å².